The van der Waals surface area contributed by atoms with E-state index in [4.69, 9.17) is 4.98 Å². The number of para-hydroxylation sites is 2. The minimum absolute atomic E-state index is 0.186. The molecular formula is C26H24FN3O2. The zero-order valence-corrected chi connectivity index (χ0v) is 18.0. The van der Waals surface area contributed by atoms with E-state index in [2.05, 4.69) is 0 Å². The summed E-state index contributed by atoms with van der Waals surface area (Å²) < 4.78 is 15.0. The van der Waals surface area contributed by atoms with Crippen molar-refractivity contribution in [1.29, 1.82) is 0 Å². The molecule has 0 radical (unpaired) electrons. The highest BCUT2D eigenvalue weighted by Crippen LogP contribution is 2.24. The van der Waals surface area contributed by atoms with Crippen LogP contribution in [0.15, 0.2) is 83.7 Å². The summed E-state index contributed by atoms with van der Waals surface area (Å²) in [4.78, 5) is 33.3. The summed E-state index contributed by atoms with van der Waals surface area (Å²) in [6, 6.07) is 21.5. The van der Waals surface area contributed by atoms with E-state index < -0.39 is 11.9 Å². The summed E-state index contributed by atoms with van der Waals surface area (Å²) >= 11 is 0. The third-order valence-corrected chi connectivity index (χ3v) is 5.47. The van der Waals surface area contributed by atoms with Crippen LogP contribution >= 0.6 is 0 Å². The number of hydrogen-bond acceptors (Lipinski definition) is 3. The Morgan fingerprint density at radius 1 is 1.00 bits per heavy atom. The highest BCUT2D eigenvalue weighted by Gasteiger charge is 2.27. The zero-order chi connectivity index (χ0) is 22.7. The smallest absolute Gasteiger partial charge is 0.266 e. The van der Waals surface area contributed by atoms with Gasteiger partial charge in [-0.3, -0.25) is 14.2 Å². The first-order valence-corrected chi connectivity index (χ1v) is 10.6. The molecule has 0 aliphatic carbocycles. The van der Waals surface area contributed by atoms with E-state index >= 15 is 0 Å². The van der Waals surface area contributed by atoms with E-state index in [0.717, 1.165) is 6.42 Å². The molecule has 0 aliphatic rings. The van der Waals surface area contributed by atoms with Crippen LogP contribution in [0.4, 0.5) is 4.39 Å². The van der Waals surface area contributed by atoms with Crippen LogP contribution in [0.2, 0.25) is 0 Å². The summed E-state index contributed by atoms with van der Waals surface area (Å²) in [5.41, 5.74) is 1.47. The number of amides is 1. The first kappa shape index (κ1) is 21.4. The number of benzene rings is 3. The van der Waals surface area contributed by atoms with Crippen molar-refractivity contribution < 1.29 is 9.18 Å². The third kappa shape index (κ3) is 4.04. The summed E-state index contributed by atoms with van der Waals surface area (Å²) in [5, 5.41) is 0.513. The number of carbonyl (C=O) groups is 1. The van der Waals surface area contributed by atoms with Gasteiger partial charge in [-0.1, -0.05) is 37.3 Å². The minimum atomic E-state index is -0.495. The normalized spacial score (nSPS) is 12.0. The van der Waals surface area contributed by atoms with E-state index in [9.17, 15) is 14.0 Å². The van der Waals surface area contributed by atoms with Crippen LogP contribution in [-0.4, -0.2) is 26.9 Å². The van der Waals surface area contributed by atoms with Crippen molar-refractivity contribution >= 4 is 16.8 Å². The number of fused-ring (bicyclic) bond motifs is 1. The second-order valence-corrected chi connectivity index (χ2v) is 7.64. The van der Waals surface area contributed by atoms with E-state index in [0.29, 0.717) is 34.5 Å². The van der Waals surface area contributed by atoms with E-state index in [1.54, 1.807) is 21.6 Å². The Hall–Kier alpha value is -3.80. The lowest BCUT2D eigenvalue weighted by molar-refractivity contribution is 0.0681. The molecular weight excluding hydrogens is 405 g/mol. The van der Waals surface area contributed by atoms with Crippen molar-refractivity contribution in [3.8, 4) is 5.69 Å². The second kappa shape index (κ2) is 9.14. The molecule has 1 atom stereocenters. The number of hydrogen-bond donors (Lipinski definition) is 0. The average Bonchev–Trinajstić information content (AvgIpc) is 2.82. The van der Waals surface area contributed by atoms with Gasteiger partial charge in [0.1, 0.15) is 11.6 Å². The van der Waals surface area contributed by atoms with Gasteiger partial charge in [-0.25, -0.2) is 9.37 Å². The standard InChI is InChI=1S/C26H24FN3O2/c1-3-17-29(25(31)19-13-15-20(27)16-14-19)18(2)24-28-23-12-8-7-11-22(23)26(32)30(24)21-9-5-4-6-10-21/h4-16,18H,3,17H2,1-2H3. The summed E-state index contributed by atoms with van der Waals surface area (Å²) in [5.74, 6) is -0.157. The molecule has 0 spiro atoms. The maximum atomic E-state index is 13.5. The fraction of sp³-hybridized carbons (Fsp3) is 0.192. The first-order chi connectivity index (χ1) is 15.5. The molecule has 32 heavy (non-hydrogen) atoms. The highest BCUT2D eigenvalue weighted by molar-refractivity contribution is 5.94. The Balaban J connectivity index is 1.89. The minimum Gasteiger partial charge on any atom is -0.329 e. The average molecular weight is 429 g/mol. The van der Waals surface area contributed by atoms with E-state index in [-0.39, 0.29) is 11.5 Å². The van der Waals surface area contributed by atoms with Gasteiger partial charge in [-0.15, -0.1) is 0 Å². The van der Waals surface area contributed by atoms with E-state index in [1.807, 2.05) is 56.3 Å². The third-order valence-electron chi connectivity index (χ3n) is 5.47. The Labute approximate surface area is 185 Å². The van der Waals surface area contributed by atoms with Gasteiger partial charge in [0.25, 0.3) is 11.5 Å². The zero-order valence-electron chi connectivity index (χ0n) is 18.0. The molecule has 4 aromatic rings. The molecule has 0 bridgehead atoms. The summed E-state index contributed by atoms with van der Waals surface area (Å²) in [7, 11) is 0. The van der Waals surface area contributed by atoms with E-state index in [1.165, 1.54) is 24.3 Å². The Morgan fingerprint density at radius 2 is 1.66 bits per heavy atom. The molecule has 0 aliphatic heterocycles. The lowest BCUT2D eigenvalue weighted by Crippen LogP contribution is -2.38. The van der Waals surface area contributed by atoms with Gasteiger partial charge in [-0.05, 0) is 61.9 Å². The van der Waals surface area contributed by atoms with Crippen LogP contribution in [-0.2, 0) is 0 Å². The molecule has 1 unspecified atom stereocenters. The number of rotatable bonds is 6. The number of halogens is 1. The molecule has 1 aromatic heterocycles. The molecule has 0 N–H and O–H groups in total. The number of aromatic nitrogens is 2. The number of nitrogens with zero attached hydrogens (tertiary/aromatic N) is 3. The van der Waals surface area contributed by atoms with Crippen LogP contribution < -0.4 is 5.56 Å². The fourth-order valence-electron chi connectivity index (χ4n) is 3.87. The predicted molar refractivity (Wildman–Crippen MR) is 123 cm³/mol. The molecule has 0 saturated heterocycles. The molecule has 162 valence electrons. The Kier molecular flexibility index (Phi) is 6.12. The second-order valence-electron chi connectivity index (χ2n) is 7.64. The largest absolute Gasteiger partial charge is 0.329 e. The summed E-state index contributed by atoms with van der Waals surface area (Å²) in [6.07, 6.45) is 0.723. The monoisotopic (exact) mass is 429 g/mol. The van der Waals surface area contributed by atoms with Crippen molar-refractivity contribution in [3.63, 3.8) is 0 Å². The Bertz CT molecular complexity index is 1300. The van der Waals surface area contributed by atoms with Crippen LogP contribution in [0.3, 0.4) is 0 Å². The topological polar surface area (TPSA) is 55.2 Å². The van der Waals surface area contributed by atoms with Crippen LogP contribution in [0.5, 0.6) is 0 Å². The lowest BCUT2D eigenvalue weighted by atomic mass is 10.1. The maximum Gasteiger partial charge on any atom is 0.266 e. The van der Waals surface area contributed by atoms with Gasteiger partial charge < -0.3 is 4.90 Å². The quantitative estimate of drug-likeness (QED) is 0.427. The Morgan fingerprint density at radius 3 is 2.34 bits per heavy atom. The van der Waals surface area contributed by atoms with Crippen molar-refractivity contribution in [2.45, 2.75) is 26.3 Å². The van der Waals surface area contributed by atoms with Crippen molar-refractivity contribution in [3.05, 3.63) is 106 Å². The van der Waals surface area contributed by atoms with Crippen LogP contribution in [0.25, 0.3) is 16.6 Å². The molecule has 1 amide bonds. The molecule has 0 fully saturated rings. The first-order valence-electron chi connectivity index (χ1n) is 10.6. The molecule has 0 saturated carbocycles. The number of carbonyl (C=O) groups excluding carboxylic acids is 1. The van der Waals surface area contributed by atoms with Gasteiger partial charge in [0, 0.05) is 12.1 Å². The fourth-order valence-corrected chi connectivity index (χ4v) is 3.87. The molecule has 3 aromatic carbocycles. The highest BCUT2D eigenvalue weighted by atomic mass is 19.1. The van der Waals surface area contributed by atoms with Gasteiger partial charge in [0.05, 0.1) is 22.6 Å². The van der Waals surface area contributed by atoms with Gasteiger partial charge in [-0.2, -0.15) is 0 Å². The van der Waals surface area contributed by atoms with Crippen molar-refractivity contribution in [2.75, 3.05) is 6.54 Å². The summed E-state index contributed by atoms with van der Waals surface area (Å²) in [6.45, 7) is 4.32. The van der Waals surface area contributed by atoms with Gasteiger partial charge in [0.2, 0.25) is 0 Å². The lowest BCUT2D eigenvalue weighted by Gasteiger charge is -2.30. The molecule has 1 heterocycles. The van der Waals surface area contributed by atoms with Crippen LogP contribution in [0, 0.1) is 5.82 Å². The van der Waals surface area contributed by atoms with Gasteiger partial charge >= 0.3 is 0 Å². The molecule has 6 heteroatoms. The maximum absolute atomic E-state index is 13.5. The molecule has 5 nitrogen and oxygen atoms in total. The SMILES string of the molecule is CCCN(C(=O)c1ccc(F)cc1)C(C)c1nc2ccccc2c(=O)n1-c1ccccc1. The van der Waals surface area contributed by atoms with Crippen molar-refractivity contribution in [1.82, 2.24) is 14.5 Å². The molecule has 4 rings (SSSR count). The van der Waals surface area contributed by atoms with Crippen LogP contribution in [0.1, 0.15) is 42.5 Å². The van der Waals surface area contributed by atoms with Gasteiger partial charge in [0.15, 0.2) is 0 Å². The van der Waals surface area contributed by atoms with Crippen molar-refractivity contribution in [2.24, 2.45) is 0 Å². The predicted octanol–water partition coefficient (Wildman–Crippen LogP) is 5.14.